The number of ether oxygens (including phenoxy) is 1. The van der Waals surface area contributed by atoms with Crippen LogP contribution in [0.4, 0.5) is 5.69 Å². The molecule has 2 bridgehead atoms. The molecule has 3 aromatic rings. The minimum Gasteiger partial charge on any atom is -0.454 e. The molecule has 186 valence electrons. The first-order chi connectivity index (χ1) is 17.9. The molecule has 1 saturated heterocycles. The van der Waals surface area contributed by atoms with Gasteiger partial charge in [-0.3, -0.25) is 19.3 Å². The first-order valence-corrected chi connectivity index (χ1v) is 12.7. The number of hydrogen-bond donors (Lipinski definition) is 0. The van der Waals surface area contributed by atoms with Crippen molar-refractivity contribution in [3.63, 3.8) is 0 Å². The molecule has 5 atom stereocenters. The summed E-state index contributed by atoms with van der Waals surface area (Å²) >= 11 is 0. The first kappa shape index (κ1) is 23.3. The summed E-state index contributed by atoms with van der Waals surface area (Å²) < 4.78 is 5.25. The van der Waals surface area contributed by atoms with E-state index >= 15 is 0 Å². The highest BCUT2D eigenvalue weighted by atomic mass is 16.5. The fourth-order valence-corrected chi connectivity index (χ4v) is 6.61. The van der Waals surface area contributed by atoms with Gasteiger partial charge in [-0.25, -0.2) is 4.79 Å². The summed E-state index contributed by atoms with van der Waals surface area (Å²) in [5.74, 6) is -1.30. The van der Waals surface area contributed by atoms with Crippen molar-refractivity contribution in [2.24, 2.45) is 23.7 Å². The quantitative estimate of drug-likeness (QED) is 0.275. The van der Waals surface area contributed by atoms with Crippen LogP contribution in [0.15, 0.2) is 78.9 Å². The third-order valence-corrected chi connectivity index (χ3v) is 8.29. The molecule has 2 amide bonds. The first-order valence-electron chi connectivity index (χ1n) is 12.7. The highest BCUT2D eigenvalue weighted by Crippen LogP contribution is 2.61. The molecular weight excluding hydrogens is 466 g/mol. The van der Waals surface area contributed by atoms with Crippen molar-refractivity contribution in [3.05, 3.63) is 101 Å². The van der Waals surface area contributed by atoms with E-state index in [-0.39, 0.29) is 59.4 Å². The molecule has 3 aliphatic rings. The number of ketones is 1. The lowest BCUT2D eigenvalue weighted by molar-refractivity contribution is -0.123. The Morgan fingerprint density at radius 3 is 2.32 bits per heavy atom. The van der Waals surface area contributed by atoms with Gasteiger partial charge in [0, 0.05) is 5.56 Å². The fraction of sp³-hybridized carbons (Fsp3) is 0.290. The van der Waals surface area contributed by atoms with Gasteiger partial charge >= 0.3 is 5.97 Å². The monoisotopic (exact) mass is 493 g/mol. The number of hydrogen-bond acceptors (Lipinski definition) is 5. The molecular formula is C31H27NO5. The minimum atomic E-state index is -0.675. The average molecular weight is 494 g/mol. The van der Waals surface area contributed by atoms with Gasteiger partial charge in [0.05, 0.1) is 23.1 Å². The minimum absolute atomic E-state index is 0.153. The number of carbonyl (C=O) groups is 4. The van der Waals surface area contributed by atoms with Gasteiger partial charge in [-0.15, -0.1) is 0 Å². The van der Waals surface area contributed by atoms with Crippen LogP contribution in [-0.2, 0) is 14.3 Å². The molecule has 0 N–H and O–H groups in total. The van der Waals surface area contributed by atoms with Gasteiger partial charge in [0.2, 0.25) is 11.8 Å². The van der Waals surface area contributed by atoms with Gasteiger partial charge in [-0.05, 0) is 61.3 Å². The maximum absolute atomic E-state index is 13.6. The summed E-state index contributed by atoms with van der Waals surface area (Å²) in [6.45, 7) is 1.54. The van der Waals surface area contributed by atoms with E-state index < -0.39 is 5.97 Å². The van der Waals surface area contributed by atoms with Crippen LogP contribution in [-0.4, -0.2) is 30.2 Å². The van der Waals surface area contributed by atoms with Crippen LogP contribution in [0.25, 0.3) is 0 Å². The van der Waals surface area contributed by atoms with E-state index in [1.807, 2.05) is 37.3 Å². The van der Waals surface area contributed by atoms with E-state index in [1.54, 1.807) is 30.3 Å². The zero-order valence-corrected chi connectivity index (χ0v) is 20.5. The number of imide groups is 1. The van der Waals surface area contributed by atoms with Crippen molar-refractivity contribution >= 4 is 29.3 Å². The zero-order chi connectivity index (χ0) is 25.7. The number of rotatable bonds is 6. The van der Waals surface area contributed by atoms with Gasteiger partial charge in [0.15, 0.2) is 12.4 Å². The number of nitrogens with zero attached hydrogens (tertiary/aromatic N) is 1. The number of anilines is 1. The molecule has 3 fully saturated rings. The second-order valence-corrected chi connectivity index (χ2v) is 10.4. The molecule has 37 heavy (non-hydrogen) atoms. The van der Waals surface area contributed by atoms with Crippen LogP contribution in [0, 0.1) is 30.6 Å². The third kappa shape index (κ3) is 3.97. The molecule has 0 radical (unpaired) electrons. The number of Topliss-reactive ketones (excluding diaryl/α,β-unsaturated/α-hetero) is 1. The Morgan fingerprint density at radius 1 is 0.838 bits per heavy atom. The highest BCUT2D eigenvalue weighted by molar-refractivity contribution is 6.23. The SMILES string of the molecule is Cc1ccc(C(=O)COC(=O)c2cccc(N3C(=O)[C@@H]4[C@@H]5C[C@@H]([C@@H]4C3=O)[C@@H](c3ccccc3)C5)c2)cc1. The highest BCUT2D eigenvalue weighted by Gasteiger charge is 2.64. The van der Waals surface area contributed by atoms with E-state index in [1.165, 1.54) is 16.5 Å². The van der Waals surface area contributed by atoms with E-state index in [9.17, 15) is 19.2 Å². The number of aryl methyl sites for hydroxylation is 1. The van der Waals surface area contributed by atoms with Crippen molar-refractivity contribution in [2.45, 2.75) is 25.7 Å². The maximum Gasteiger partial charge on any atom is 0.338 e. The second-order valence-electron chi connectivity index (χ2n) is 10.4. The van der Waals surface area contributed by atoms with E-state index in [4.69, 9.17) is 4.74 Å². The lowest BCUT2D eigenvalue weighted by Gasteiger charge is -2.28. The zero-order valence-electron chi connectivity index (χ0n) is 20.5. The Labute approximate surface area is 215 Å². The summed E-state index contributed by atoms with van der Waals surface area (Å²) in [6, 6.07) is 23.7. The van der Waals surface area contributed by atoms with Crippen LogP contribution < -0.4 is 4.90 Å². The van der Waals surface area contributed by atoms with Gasteiger partial charge in [-0.2, -0.15) is 0 Å². The third-order valence-electron chi connectivity index (χ3n) is 8.29. The molecule has 6 rings (SSSR count). The Kier molecular flexibility index (Phi) is 5.75. The number of amides is 2. The average Bonchev–Trinajstić information content (AvgIpc) is 3.59. The Hall–Kier alpha value is -4.06. The number of benzene rings is 3. The second kappa shape index (κ2) is 9.11. The van der Waals surface area contributed by atoms with Crippen molar-refractivity contribution in [1.82, 2.24) is 0 Å². The maximum atomic E-state index is 13.6. The summed E-state index contributed by atoms with van der Waals surface area (Å²) in [6.07, 6.45) is 1.83. The van der Waals surface area contributed by atoms with Gasteiger partial charge in [0.1, 0.15) is 0 Å². The van der Waals surface area contributed by atoms with Crippen LogP contribution in [0.1, 0.15) is 50.6 Å². The smallest absolute Gasteiger partial charge is 0.338 e. The largest absolute Gasteiger partial charge is 0.454 e. The Balaban J connectivity index is 1.18. The van der Waals surface area contributed by atoms with Crippen molar-refractivity contribution in [1.29, 1.82) is 0 Å². The van der Waals surface area contributed by atoms with Gasteiger partial charge in [-0.1, -0.05) is 66.2 Å². The standard InChI is InChI=1S/C31H27NO5/c1-18-10-12-20(13-11-18)26(33)17-37-31(36)21-8-5-9-23(14-21)32-29(34)27-22-15-24(19-6-3-2-4-7-19)25(16-22)28(27)30(32)35/h2-14,22,24-25,27-28H,15-17H2,1H3/t22-,24+,25+,27+,28-/m0/s1. The van der Waals surface area contributed by atoms with Crippen LogP contribution in [0.2, 0.25) is 0 Å². The molecule has 0 spiro atoms. The summed E-state index contributed by atoms with van der Waals surface area (Å²) in [4.78, 5) is 53.4. The molecule has 1 heterocycles. The van der Waals surface area contributed by atoms with Crippen molar-refractivity contribution in [2.75, 3.05) is 11.5 Å². The predicted octanol–water partition coefficient (Wildman–Crippen LogP) is 4.96. The van der Waals surface area contributed by atoms with Crippen LogP contribution in [0.3, 0.4) is 0 Å². The predicted molar refractivity (Wildman–Crippen MR) is 137 cm³/mol. The molecule has 3 aromatic carbocycles. The molecule has 1 aliphatic heterocycles. The summed E-state index contributed by atoms with van der Waals surface area (Å²) in [5, 5.41) is 0. The van der Waals surface area contributed by atoms with E-state index in [0.717, 1.165) is 18.4 Å². The molecule has 0 unspecified atom stereocenters. The Bertz CT molecular complexity index is 1400. The van der Waals surface area contributed by atoms with E-state index in [2.05, 4.69) is 12.1 Å². The van der Waals surface area contributed by atoms with E-state index in [0.29, 0.717) is 11.3 Å². The molecule has 2 aliphatic carbocycles. The lowest BCUT2D eigenvalue weighted by atomic mass is 9.73. The summed E-state index contributed by atoms with van der Waals surface area (Å²) in [5.41, 5.74) is 3.30. The van der Waals surface area contributed by atoms with Crippen molar-refractivity contribution in [3.8, 4) is 0 Å². The van der Waals surface area contributed by atoms with Gasteiger partial charge < -0.3 is 4.74 Å². The molecule has 2 saturated carbocycles. The van der Waals surface area contributed by atoms with Crippen LogP contribution >= 0.6 is 0 Å². The normalized spacial score (nSPS) is 25.9. The number of fused-ring (bicyclic) bond motifs is 5. The number of carbonyl (C=O) groups excluding carboxylic acids is 4. The Morgan fingerprint density at radius 2 is 1.57 bits per heavy atom. The molecule has 6 nitrogen and oxygen atoms in total. The fourth-order valence-electron chi connectivity index (χ4n) is 6.61. The van der Waals surface area contributed by atoms with Gasteiger partial charge in [0.25, 0.3) is 0 Å². The number of esters is 1. The molecule has 0 aromatic heterocycles. The molecule has 6 heteroatoms. The topological polar surface area (TPSA) is 80.8 Å². The summed E-state index contributed by atoms with van der Waals surface area (Å²) in [7, 11) is 0. The van der Waals surface area contributed by atoms with Crippen molar-refractivity contribution < 1.29 is 23.9 Å². The van der Waals surface area contributed by atoms with Crippen LogP contribution in [0.5, 0.6) is 0 Å². The lowest BCUT2D eigenvalue weighted by Crippen LogP contribution is -2.33.